The van der Waals surface area contributed by atoms with E-state index in [2.05, 4.69) is 39.2 Å². The molecule has 0 aliphatic carbocycles. The Kier molecular flexibility index (Phi) is 6.07. The fourth-order valence-electron chi connectivity index (χ4n) is 2.78. The summed E-state index contributed by atoms with van der Waals surface area (Å²) in [5.41, 5.74) is 1.34. The van der Waals surface area contributed by atoms with Crippen molar-refractivity contribution in [1.29, 1.82) is 0 Å². The van der Waals surface area contributed by atoms with Crippen LogP contribution in [0.5, 0.6) is 0 Å². The summed E-state index contributed by atoms with van der Waals surface area (Å²) in [7, 11) is -1.79. The molecule has 2 N–H and O–H groups in total. The molecule has 6 heteroatoms. The van der Waals surface area contributed by atoms with Crippen molar-refractivity contribution < 1.29 is 18.7 Å². The summed E-state index contributed by atoms with van der Waals surface area (Å²) in [4.78, 5) is 11.3. The average Bonchev–Trinajstić information content (AvgIpc) is 2.47. The highest BCUT2D eigenvalue weighted by molar-refractivity contribution is 6.74. The molecule has 4 nitrogen and oxygen atoms in total. The lowest BCUT2D eigenvalue weighted by molar-refractivity contribution is -0.127. The third-order valence-electron chi connectivity index (χ3n) is 5.50. The number of nitrogens with one attached hydrogen (secondary N) is 1. The summed E-state index contributed by atoms with van der Waals surface area (Å²) in [5.74, 6) is -0.913. The molecular weight excluding hydrogens is 337 g/mol. The van der Waals surface area contributed by atoms with Crippen molar-refractivity contribution in [2.75, 3.05) is 6.61 Å². The van der Waals surface area contributed by atoms with Gasteiger partial charge in [0.05, 0.1) is 0 Å². The first kappa shape index (κ1) is 20.1. The van der Waals surface area contributed by atoms with Gasteiger partial charge in [0.1, 0.15) is 12.0 Å². The first-order chi connectivity index (χ1) is 11.5. The molecule has 2 atom stereocenters. The van der Waals surface area contributed by atoms with Crippen molar-refractivity contribution >= 4 is 14.2 Å². The van der Waals surface area contributed by atoms with E-state index in [4.69, 9.17) is 4.43 Å². The number of rotatable bonds is 5. The Morgan fingerprint density at radius 3 is 2.60 bits per heavy atom. The van der Waals surface area contributed by atoms with Gasteiger partial charge in [-0.2, -0.15) is 0 Å². The zero-order valence-corrected chi connectivity index (χ0v) is 16.9. The van der Waals surface area contributed by atoms with Gasteiger partial charge in [-0.05, 0) is 48.2 Å². The molecule has 0 saturated carbocycles. The summed E-state index contributed by atoms with van der Waals surface area (Å²) in [6, 6.07) is 5.13. The average molecular weight is 368 g/mol. The zero-order valence-electron chi connectivity index (χ0n) is 15.9. The monoisotopic (exact) mass is 367 g/mol. The number of hydrogen-bond acceptors (Lipinski definition) is 3. The van der Waals surface area contributed by atoms with Crippen LogP contribution in [-0.2, 0) is 15.6 Å². The number of carbonyl (C=O) groups excluding carboxylic acids is 1. The van der Waals surface area contributed by atoms with Gasteiger partial charge in [0.2, 0.25) is 5.91 Å². The van der Waals surface area contributed by atoms with E-state index in [-0.39, 0.29) is 16.8 Å². The minimum atomic E-state index is -1.79. The summed E-state index contributed by atoms with van der Waals surface area (Å²) in [6.45, 7) is 11.6. The van der Waals surface area contributed by atoms with E-state index < -0.39 is 20.5 Å². The summed E-state index contributed by atoms with van der Waals surface area (Å²) >= 11 is 0. The number of aliphatic hydroxyl groups is 1. The van der Waals surface area contributed by atoms with E-state index in [1.54, 1.807) is 6.07 Å². The molecule has 0 aromatic heterocycles. The molecule has 1 aliphatic heterocycles. The second-order valence-corrected chi connectivity index (χ2v) is 13.2. The van der Waals surface area contributed by atoms with Gasteiger partial charge in [-0.25, -0.2) is 4.39 Å². The third kappa shape index (κ3) is 4.89. The van der Waals surface area contributed by atoms with Crippen molar-refractivity contribution in [3.8, 4) is 0 Å². The molecule has 1 heterocycles. The van der Waals surface area contributed by atoms with Crippen molar-refractivity contribution in [3.63, 3.8) is 0 Å². The van der Waals surface area contributed by atoms with Gasteiger partial charge in [0.25, 0.3) is 0 Å². The van der Waals surface area contributed by atoms with E-state index in [0.717, 1.165) is 5.56 Å². The lowest BCUT2D eigenvalue weighted by atomic mass is 9.88. The minimum absolute atomic E-state index is 0.156. The van der Waals surface area contributed by atoms with Crippen LogP contribution in [0, 0.1) is 5.82 Å². The van der Waals surface area contributed by atoms with Gasteiger partial charge in [-0.3, -0.25) is 4.79 Å². The van der Waals surface area contributed by atoms with Crippen LogP contribution >= 0.6 is 0 Å². The smallest absolute Gasteiger partial charge is 0.222 e. The van der Waals surface area contributed by atoms with Gasteiger partial charge in [-0.15, -0.1) is 0 Å². The number of aliphatic hydroxyl groups excluding tert-OH is 1. The molecule has 0 spiro atoms. The summed E-state index contributed by atoms with van der Waals surface area (Å²) < 4.78 is 20.6. The predicted octanol–water partition coefficient (Wildman–Crippen LogP) is 3.70. The maximum absolute atomic E-state index is 14.5. The normalized spacial score (nSPS) is 22.0. The molecule has 1 saturated heterocycles. The number of piperidine rings is 1. The molecule has 140 valence electrons. The Balaban J connectivity index is 1.99. The fourth-order valence-corrected chi connectivity index (χ4v) is 3.82. The number of benzene rings is 1. The SMILES string of the molecule is CC(C)(C)[Si](C)(C)OCCc1ccc(C2CCC(=O)NC2O)c(F)c1. The van der Waals surface area contributed by atoms with Crippen LogP contribution in [0.1, 0.15) is 50.7 Å². The van der Waals surface area contributed by atoms with Crippen LogP contribution in [0.25, 0.3) is 0 Å². The highest BCUT2D eigenvalue weighted by Gasteiger charge is 2.37. The van der Waals surface area contributed by atoms with E-state index in [1.165, 1.54) is 6.07 Å². The summed E-state index contributed by atoms with van der Waals surface area (Å²) in [6.07, 6.45) is 0.401. The molecule has 0 radical (unpaired) electrons. The molecule has 1 fully saturated rings. The van der Waals surface area contributed by atoms with Crippen molar-refractivity contribution in [2.24, 2.45) is 0 Å². The number of halogens is 1. The number of hydrogen-bond donors (Lipinski definition) is 2. The molecule has 1 aromatic rings. The molecule has 1 aromatic carbocycles. The third-order valence-corrected chi connectivity index (χ3v) is 10.0. The number of carbonyl (C=O) groups is 1. The number of amides is 1. The molecular formula is C19H30FNO3Si. The summed E-state index contributed by atoms with van der Waals surface area (Å²) in [5, 5.41) is 12.6. The van der Waals surface area contributed by atoms with Crippen LogP contribution in [0.15, 0.2) is 18.2 Å². The van der Waals surface area contributed by atoms with Crippen molar-refractivity contribution in [2.45, 2.75) is 70.3 Å². The Labute approximate surface area is 150 Å². The molecule has 1 aliphatic rings. The Hall–Kier alpha value is -1.24. The van der Waals surface area contributed by atoms with Crippen LogP contribution in [0.3, 0.4) is 0 Å². The first-order valence-corrected chi connectivity index (χ1v) is 11.8. The maximum Gasteiger partial charge on any atom is 0.222 e. The maximum atomic E-state index is 14.5. The van der Waals surface area contributed by atoms with E-state index in [9.17, 15) is 14.3 Å². The van der Waals surface area contributed by atoms with Crippen molar-refractivity contribution in [3.05, 3.63) is 35.1 Å². The van der Waals surface area contributed by atoms with Gasteiger partial charge < -0.3 is 14.8 Å². The molecule has 25 heavy (non-hydrogen) atoms. The highest BCUT2D eigenvalue weighted by Crippen LogP contribution is 2.36. The Bertz CT molecular complexity index is 628. The van der Waals surface area contributed by atoms with Gasteiger partial charge in [0, 0.05) is 18.9 Å². The Morgan fingerprint density at radius 1 is 1.36 bits per heavy atom. The minimum Gasteiger partial charge on any atom is -0.416 e. The first-order valence-electron chi connectivity index (χ1n) is 8.91. The zero-order chi connectivity index (χ0) is 18.8. The second kappa shape index (κ2) is 7.56. The largest absolute Gasteiger partial charge is 0.416 e. The lowest BCUT2D eigenvalue weighted by Gasteiger charge is -2.36. The molecule has 0 bridgehead atoms. The van der Waals surface area contributed by atoms with Crippen LogP contribution < -0.4 is 5.32 Å². The van der Waals surface area contributed by atoms with Crippen LogP contribution in [0.2, 0.25) is 18.1 Å². The highest BCUT2D eigenvalue weighted by atomic mass is 28.4. The van der Waals surface area contributed by atoms with E-state index >= 15 is 0 Å². The van der Waals surface area contributed by atoms with E-state index in [1.807, 2.05) is 6.07 Å². The molecule has 2 rings (SSSR count). The Morgan fingerprint density at radius 2 is 2.04 bits per heavy atom. The quantitative estimate of drug-likeness (QED) is 0.780. The van der Waals surface area contributed by atoms with Gasteiger partial charge >= 0.3 is 0 Å². The van der Waals surface area contributed by atoms with Gasteiger partial charge in [-0.1, -0.05) is 32.9 Å². The fraction of sp³-hybridized carbons (Fsp3) is 0.632. The van der Waals surface area contributed by atoms with Gasteiger partial charge in [0.15, 0.2) is 8.32 Å². The van der Waals surface area contributed by atoms with Crippen LogP contribution in [-0.4, -0.2) is 32.2 Å². The second-order valence-electron chi connectivity index (χ2n) is 8.37. The van der Waals surface area contributed by atoms with Crippen molar-refractivity contribution in [1.82, 2.24) is 5.32 Å². The topological polar surface area (TPSA) is 58.6 Å². The van der Waals surface area contributed by atoms with E-state index in [0.29, 0.717) is 31.4 Å². The van der Waals surface area contributed by atoms with Crippen LogP contribution in [0.4, 0.5) is 4.39 Å². The standard InChI is InChI=1S/C19H30FNO3Si/c1-19(2,3)25(4,5)24-11-10-13-6-7-14(16(20)12-13)15-8-9-17(22)21-18(15)23/h6-7,12,15,18,23H,8-11H2,1-5H3,(H,21,22). The lowest BCUT2D eigenvalue weighted by Crippen LogP contribution is -2.43. The molecule has 1 amide bonds. The molecule has 2 unspecified atom stereocenters. The predicted molar refractivity (Wildman–Crippen MR) is 99.4 cm³/mol.